The zero-order valence-electron chi connectivity index (χ0n) is 13.2. The molecular weight excluding hydrogens is 251 g/mol. The van der Waals surface area contributed by atoms with E-state index in [1.54, 1.807) is 12.1 Å². The lowest BCUT2D eigenvalue weighted by Crippen LogP contribution is -2.35. The molecule has 0 radical (unpaired) electrons. The molecule has 2 nitrogen and oxygen atoms in total. The highest BCUT2D eigenvalue weighted by Crippen LogP contribution is 2.18. The molecule has 0 amide bonds. The Balaban J connectivity index is 2.69. The van der Waals surface area contributed by atoms with Crippen molar-refractivity contribution in [3.63, 3.8) is 0 Å². The molecule has 114 valence electrons. The van der Waals surface area contributed by atoms with E-state index in [2.05, 4.69) is 24.1 Å². The average Bonchev–Trinajstić information content (AvgIpc) is 2.47. The van der Waals surface area contributed by atoms with E-state index < -0.39 is 0 Å². The quantitative estimate of drug-likeness (QED) is 0.697. The zero-order valence-corrected chi connectivity index (χ0v) is 13.2. The molecule has 1 N–H and O–H groups in total. The zero-order chi connectivity index (χ0) is 14.8. The van der Waals surface area contributed by atoms with Crippen molar-refractivity contribution in [1.82, 2.24) is 10.2 Å². The van der Waals surface area contributed by atoms with Gasteiger partial charge in [-0.15, -0.1) is 0 Å². The van der Waals surface area contributed by atoms with Crippen molar-refractivity contribution in [2.45, 2.75) is 45.6 Å². The van der Waals surface area contributed by atoms with Crippen molar-refractivity contribution < 1.29 is 4.39 Å². The van der Waals surface area contributed by atoms with Gasteiger partial charge in [0.2, 0.25) is 0 Å². The van der Waals surface area contributed by atoms with Crippen molar-refractivity contribution in [3.05, 3.63) is 35.6 Å². The third kappa shape index (κ3) is 5.59. The highest BCUT2D eigenvalue weighted by molar-refractivity contribution is 5.21. The lowest BCUT2D eigenvalue weighted by atomic mass is 10.1. The van der Waals surface area contributed by atoms with E-state index in [0.717, 1.165) is 25.2 Å². The fraction of sp³-hybridized carbons (Fsp3) is 0.647. The molecule has 1 aromatic rings. The number of hydrogen-bond donors (Lipinski definition) is 1. The third-order valence-electron chi connectivity index (χ3n) is 3.73. The number of nitrogens with zero attached hydrogens (tertiary/aromatic N) is 1. The lowest BCUT2D eigenvalue weighted by Gasteiger charge is -2.27. The van der Waals surface area contributed by atoms with Crippen LogP contribution in [0.2, 0.25) is 0 Å². The first-order valence-corrected chi connectivity index (χ1v) is 7.86. The van der Waals surface area contributed by atoms with Gasteiger partial charge < -0.3 is 10.2 Å². The second-order valence-electron chi connectivity index (χ2n) is 5.37. The molecule has 0 aliphatic heterocycles. The summed E-state index contributed by atoms with van der Waals surface area (Å²) in [7, 11) is 1.91. The molecule has 20 heavy (non-hydrogen) atoms. The second-order valence-corrected chi connectivity index (χ2v) is 5.37. The number of halogens is 1. The van der Waals surface area contributed by atoms with Crippen LogP contribution in [0.25, 0.3) is 0 Å². The predicted molar refractivity (Wildman–Crippen MR) is 84.5 cm³/mol. The number of benzene rings is 1. The van der Waals surface area contributed by atoms with Crippen LogP contribution < -0.4 is 5.32 Å². The Morgan fingerprint density at radius 3 is 2.20 bits per heavy atom. The van der Waals surface area contributed by atoms with Crippen molar-refractivity contribution in [2.75, 3.05) is 26.7 Å². The van der Waals surface area contributed by atoms with Gasteiger partial charge in [0.15, 0.2) is 0 Å². The second kappa shape index (κ2) is 9.89. The first-order chi connectivity index (χ1) is 9.72. The van der Waals surface area contributed by atoms with Gasteiger partial charge in [-0.2, -0.15) is 0 Å². The number of unbranched alkanes of at least 4 members (excludes halogenated alkanes) is 2. The van der Waals surface area contributed by atoms with E-state index in [1.165, 1.54) is 25.7 Å². The molecule has 0 aromatic heterocycles. The van der Waals surface area contributed by atoms with E-state index in [0.29, 0.717) is 0 Å². The molecule has 0 heterocycles. The van der Waals surface area contributed by atoms with Crippen LogP contribution in [0.4, 0.5) is 4.39 Å². The molecule has 0 bridgehead atoms. The normalized spacial score (nSPS) is 12.8. The summed E-state index contributed by atoms with van der Waals surface area (Å²) in [6, 6.07) is 7.14. The monoisotopic (exact) mass is 280 g/mol. The van der Waals surface area contributed by atoms with E-state index in [1.807, 2.05) is 19.2 Å². The smallest absolute Gasteiger partial charge is 0.128 e. The van der Waals surface area contributed by atoms with Gasteiger partial charge in [0.05, 0.1) is 0 Å². The third-order valence-corrected chi connectivity index (χ3v) is 3.73. The van der Waals surface area contributed by atoms with Crippen LogP contribution in [0, 0.1) is 5.82 Å². The van der Waals surface area contributed by atoms with E-state index >= 15 is 0 Å². The summed E-state index contributed by atoms with van der Waals surface area (Å²) in [6.07, 6.45) is 4.81. The maximum atomic E-state index is 13.9. The number of rotatable bonds is 10. The Morgan fingerprint density at radius 2 is 1.70 bits per heavy atom. The molecule has 1 rings (SSSR count). The first-order valence-electron chi connectivity index (χ1n) is 7.86. The standard InChI is InChI=1S/C17H29FN2/c1-4-6-12-20(13-7-5-2)14-17(19-3)15-10-8-9-11-16(15)18/h8-11,17,19H,4-7,12-14H2,1-3H3. The lowest BCUT2D eigenvalue weighted by molar-refractivity contribution is 0.237. The van der Waals surface area contributed by atoms with Crippen molar-refractivity contribution >= 4 is 0 Å². The van der Waals surface area contributed by atoms with Gasteiger partial charge in [-0.1, -0.05) is 44.9 Å². The van der Waals surface area contributed by atoms with Gasteiger partial charge in [0.25, 0.3) is 0 Å². The highest BCUT2D eigenvalue weighted by atomic mass is 19.1. The Bertz CT molecular complexity index is 360. The van der Waals surface area contributed by atoms with Crippen molar-refractivity contribution in [2.24, 2.45) is 0 Å². The van der Waals surface area contributed by atoms with Crippen LogP contribution in [0.15, 0.2) is 24.3 Å². The Hall–Kier alpha value is -0.930. The van der Waals surface area contributed by atoms with E-state index in [4.69, 9.17) is 0 Å². The van der Waals surface area contributed by atoms with Gasteiger partial charge in [0, 0.05) is 18.2 Å². The summed E-state index contributed by atoms with van der Waals surface area (Å²) < 4.78 is 13.9. The molecule has 0 saturated heterocycles. The summed E-state index contributed by atoms with van der Waals surface area (Å²) in [6.45, 7) is 7.50. The van der Waals surface area contributed by atoms with Gasteiger partial charge in [-0.25, -0.2) is 4.39 Å². The summed E-state index contributed by atoms with van der Waals surface area (Å²) in [5.41, 5.74) is 0.771. The maximum Gasteiger partial charge on any atom is 0.128 e. The summed E-state index contributed by atoms with van der Waals surface area (Å²) in [5.74, 6) is -0.113. The molecule has 0 aliphatic carbocycles. The maximum absolute atomic E-state index is 13.9. The SMILES string of the molecule is CCCCN(CCCC)CC(NC)c1ccccc1F. The van der Waals surface area contributed by atoms with Gasteiger partial charge in [0.1, 0.15) is 5.82 Å². The van der Waals surface area contributed by atoms with E-state index in [9.17, 15) is 4.39 Å². The van der Waals surface area contributed by atoms with Crippen molar-refractivity contribution in [3.8, 4) is 0 Å². The van der Waals surface area contributed by atoms with Crippen LogP contribution >= 0.6 is 0 Å². The van der Waals surface area contributed by atoms with Gasteiger partial charge >= 0.3 is 0 Å². The summed E-state index contributed by atoms with van der Waals surface area (Å²) >= 11 is 0. The van der Waals surface area contributed by atoms with Crippen LogP contribution in [0.5, 0.6) is 0 Å². The first kappa shape index (κ1) is 17.1. The van der Waals surface area contributed by atoms with E-state index in [-0.39, 0.29) is 11.9 Å². The molecule has 3 heteroatoms. The van der Waals surface area contributed by atoms with Crippen LogP contribution in [-0.4, -0.2) is 31.6 Å². The largest absolute Gasteiger partial charge is 0.312 e. The molecule has 0 saturated carbocycles. The Labute approximate surface area is 123 Å². The molecule has 0 spiro atoms. The fourth-order valence-corrected chi connectivity index (χ4v) is 2.42. The molecule has 1 unspecified atom stereocenters. The van der Waals surface area contributed by atoms with Crippen molar-refractivity contribution in [1.29, 1.82) is 0 Å². The minimum Gasteiger partial charge on any atom is -0.312 e. The molecule has 1 aromatic carbocycles. The number of likely N-dealkylation sites (N-methyl/N-ethyl adjacent to an activating group) is 1. The van der Waals surface area contributed by atoms with Crippen LogP contribution in [0.3, 0.4) is 0 Å². The van der Waals surface area contributed by atoms with Crippen LogP contribution in [-0.2, 0) is 0 Å². The summed E-state index contributed by atoms with van der Waals surface area (Å²) in [4.78, 5) is 2.46. The molecular formula is C17H29FN2. The Morgan fingerprint density at radius 1 is 1.10 bits per heavy atom. The van der Waals surface area contributed by atoms with Crippen LogP contribution in [0.1, 0.15) is 51.1 Å². The van der Waals surface area contributed by atoms with Gasteiger partial charge in [-0.3, -0.25) is 0 Å². The highest BCUT2D eigenvalue weighted by Gasteiger charge is 2.16. The number of nitrogens with one attached hydrogen (secondary N) is 1. The average molecular weight is 280 g/mol. The Kier molecular flexibility index (Phi) is 8.47. The minimum absolute atomic E-state index is 0.0601. The summed E-state index contributed by atoms with van der Waals surface area (Å²) in [5, 5.41) is 3.26. The minimum atomic E-state index is -0.113. The fourth-order valence-electron chi connectivity index (χ4n) is 2.42. The molecule has 0 aliphatic rings. The number of hydrogen-bond acceptors (Lipinski definition) is 2. The topological polar surface area (TPSA) is 15.3 Å². The molecule has 0 fully saturated rings. The predicted octanol–water partition coefficient (Wildman–Crippen LogP) is 3.99. The molecule has 1 atom stereocenters. The van der Waals surface area contributed by atoms with Gasteiger partial charge in [-0.05, 0) is 39.0 Å².